The van der Waals surface area contributed by atoms with E-state index in [2.05, 4.69) is 0 Å². The monoisotopic (exact) mass is 325 g/mol. The highest BCUT2D eigenvalue weighted by atomic mass is 16.5. The molecule has 1 aliphatic rings. The lowest BCUT2D eigenvalue weighted by Crippen LogP contribution is -2.36. The maximum absolute atomic E-state index is 12.5. The molecule has 0 bridgehead atoms. The molecule has 0 saturated carbocycles. The summed E-state index contributed by atoms with van der Waals surface area (Å²) >= 11 is 0. The Labute approximate surface area is 140 Å². The number of methoxy groups -OCH3 is 1. The first-order valence-corrected chi connectivity index (χ1v) is 7.61. The summed E-state index contributed by atoms with van der Waals surface area (Å²) in [7, 11) is 3.27. The van der Waals surface area contributed by atoms with Crippen LogP contribution in [0.25, 0.3) is 5.57 Å². The Balaban J connectivity index is 2.02. The van der Waals surface area contributed by atoms with Crippen molar-refractivity contribution in [2.24, 2.45) is 0 Å². The quantitative estimate of drug-likeness (QED) is 0.910. The van der Waals surface area contributed by atoms with Crippen LogP contribution in [0.2, 0.25) is 0 Å². The lowest BCUT2D eigenvalue weighted by atomic mass is 9.89. The number of benzene rings is 2. The number of amides is 1. The third-order valence-corrected chi connectivity index (χ3v) is 4.22. The van der Waals surface area contributed by atoms with Crippen LogP contribution in [0.3, 0.4) is 0 Å². The van der Waals surface area contributed by atoms with Gasteiger partial charge in [-0.15, -0.1) is 0 Å². The average molecular weight is 325 g/mol. The third kappa shape index (κ3) is 2.93. The number of nitrogens with zero attached hydrogens (tertiary/aromatic N) is 1. The van der Waals surface area contributed by atoms with Gasteiger partial charge < -0.3 is 19.8 Å². The van der Waals surface area contributed by atoms with Crippen molar-refractivity contribution >= 4 is 11.5 Å². The predicted molar refractivity (Wildman–Crippen MR) is 91.1 cm³/mol. The zero-order valence-corrected chi connectivity index (χ0v) is 13.6. The van der Waals surface area contributed by atoms with Gasteiger partial charge in [0.25, 0.3) is 0 Å². The molecule has 5 heteroatoms. The van der Waals surface area contributed by atoms with Gasteiger partial charge in [0.2, 0.25) is 5.91 Å². The average Bonchev–Trinajstić information content (AvgIpc) is 2.58. The Kier molecular flexibility index (Phi) is 4.16. The second kappa shape index (κ2) is 6.28. The molecule has 2 N–H and O–H groups in total. The summed E-state index contributed by atoms with van der Waals surface area (Å²) in [6.07, 6.45) is 1.93. The van der Waals surface area contributed by atoms with E-state index in [0.29, 0.717) is 12.3 Å². The van der Waals surface area contributed by atoms with Gasteiger partial charge in [0.1, 0.15) is 5.75 Å². The standard InChI is InChI=1S/C19H19NO4/c1-20-11-14(13-5-8-17(22)18(10-13)24-2)9-16(19(20)23)12-3-6-15(21)7-4-12/h3-10,16,21-22H,11H2,1-2H3. The Morgan fingerprint density at radius 2 is 1.83 bits per heavy atom. The number of rotatable bonds is 3. The maximum Gasteiger partial charge on any atom is 0.234 e. The lowest BCUT2D eigenvalue weighted by molar-refractivity contribution is -0.130. The van der Waals surface area contributed by atoms with Crippen molar-refractivity contribution < 1.29 is 19.7 Å². The van der Waals surface area contributed by atoms with E-state index in [0.717, 1.165) is 16.7 Å². The van der Waals surface area contributed by atoms with E-state index in [-0.39, 0.29) is 17.4 Å². The molecule has 0 saturated heterocycles. The number of carbonyl (C=O) groups excluding carboxylic acids is 1. The first-order chi connectivity index (χ1) is 11.5. The molecule has 1 amide bonds. The molecule has 1 heterocycles. The van der Waals surface area contributed by atoms with Gasteiger partial charge in [-0.3, -0.25) is 4.79 Å². The number of aromatic hydroxyl groups is 2. The molecular formula is C19H19NO4. The molecule has 1 aliphatic heterocycles. The summed E-state index contributed by atoms with van der Waals surface area (Å²) in [5.41, 5.74) is 2.70. The summed E-state index contributed by atoms with van der Waals surface area (Å²) in [6.45, 7) is 0.487. The molecule has 2 aromatic carbocycles. The summed E-state index contributed by atoms with van der Waals surface area (Å²) in [5, 5.41) is 19.2. The van der Waals surface area contributed by atoms with Gasteiger partial charge in [0, 0.05) is 13.6 Å². The molecule has 0 aliphatic carbocycles. The molecule has 124 valence electrons. The van der Waals surface area contributed by atoms with Crippen LogP contribution in [0.4, 0.5) is 0 Å². The second-order valence-electron chi connectivity index (χ2n) is 5.84. The zero-order valence-electron chi connectivity index (χ0n) is 13.6. The van der Waals surface area contributed by atoms with Crippen molar-refractivity contribution in [3.05, 3.63) is 59.7 Å². The van der Waals surface area contributed by atoms with E-state index in [1.165, 1.54) is 7.11 Å². The van der Waals surface area contributed by atoms with Crippen molar-refractivity contribution in [3.8, 4) is 17.2 Å². The van der Waals surface area contributed by atoms with E-state index in [4.69, 9.17) is 4.74 Å². The molecule has 0 spiro atoms. The van der Waals surface area contributed by atoms with E-state index < -0.39 is 5.92 Å². The number of phenols is 2. The van der Waals surface area contributed by atoms with Crippen molar-refractivity contribution in [2.75, 3.05) is 20.7 Å². The third-order valence-electron chi connectivity index (χ3n) is 4.22. The number of hydrogen-bond donors (Lipinski definition) is 2. The van der Waals surface area contributed by atoms with E-state index in [1.54, 1.807) is 54.4 Å². The summed E-state index contributed by atoms with van der Waals surface area (Å²) in [6, 6.07) is 11.8. The number of likely N-dealkylation sites (N-methyl/N-ethyl adjacent to an activating group) is 1. The Hall–Kier alpha value is -2.95. The lowest BCUT2D eigenvalue weighted by Gasteiger charge is -2.29. The van der Waals surface area contributed by atoms with Gasteiger partial charge in [0.15, 0.2) is 11.5 Å². The van der Waals surface area contributed by atoms with Gasteiger partial charge >= 0.3 is 0 Å². The van der Waals surface area contributed by atoms with Crippen molar-refractivity contribution in [3.63, 3.8) is 0 Å². The number of carbonyl (C=O) groups is 1. The fraction of sp³-hybridized carbons (Fsp3) is 0.211. The predicted octanol–water partition coefficient (Wildman–Crippen LogP) is 2.75. The van der Waals surface area contributed by atoms with E-state index >= 15 is 0 Å². The summed E-state index contributed by atoms with van der Waals surface area (Å²) < 4.78 is 5.16. The van der Waals surface area contributed by atoms with Crippen LogP contribution in [-0.4, -0.2) is 41.7 Å². The topological polar surface area (TPSA) is 70.0 Å². The minimum Gasteiger partial charge on any atom is -0.508 e. The molecule has 0 radical (unpaired) electrons. The van der Waals surface area contributed by atoms with Gasteiger partial charge in [-0.2, -0.15) is 0 Å². The Morgan fingerprint density at radius 1 is 1.12 bits per heavy atom. The van der Waals surface area contributed by atoms with Crippen LogP contribution >= 0.6 is 0 Å². The summed E-state index contributed by atoms with van der Waals surface area (Å²) in [5.74, 6) is 0.253. The van der Waals surface area contributed by atoms with Crippen molar-refractivity contribution in [1.82, 2.24) is 4.90 Å². The molecule has 3 rings (SSSR count). The molecule has 1 atom stereocenters. The molecular weight excluding hydrogens is 306 g/mol. The fourth-order valence-electron chi connectivity index (χ4n) is 2.88. The Bertz CT molecular complexity index is 796. The van der Waals surface area contributed by atoms with Crippen LogP contribution in [0.1, 0.15) is 17.0 Å². The second-order valence-corrected chi connectivity index (χ2v) is 5.84. The highest BCUT2D eigenvalue weighted by Gasteiger charge is 2.28. The largest absolute Gasteiger partial charge is 0.508 e. The molecule has 0 fully saturated rings. The number of hydrogen-bond acceptors (Lipinski definition) is 4. The van der Waals surface area contributed by atoms with Gasteiger partial charge in [-0.25, -0.2) is 0 Å². The van der Waals surface area contributed by atoms with Crippen LogP contribution in [-0.2, 0) is 4.79 Å². The molecule has 2 aromatic rings. The van der Waals surface area contributed by atoms with Gasteiger partial charge in [0.05, 0.1) is 13.0 Å². The van der Waals surface area contributed by atoms with Gasteiger partial charge in [-0.05, 0) is 41.0 Å². The van der Waals surface area contributed by atoms with Crippen LogP contribution in [0.15, 0.2) is 48.5 Å². The fourth-order valence-corrected chi connectivity index (χ4v) is 2.88. The number of ether oxygens (including phenoxy) is 1. The first kappa shape index (κ1) is 15.9. The van der Waals surface area contributed by atoms with Crippen molar-refractivity contribution in [1.29, 1.82) is 0 Å². The maximum atomic E-state index is 12.5. The number of phenolic OH excluding ortho intramolecular Hbond substituents is 2. The van der Waals surface area contributed by atoms with E-state index in [1.807, 2.05) is 6.08 Å². The molecule has 24 heavy (non-hydrogen) atoms. The first-order valence-electron chi connectivity index (χ1n) is 7.61. The highest BCUT2D eigenvalue weighted by molar-refractivity contribution is 5.92. The summed E-state index contributed by atoms with van der Waals surface area (Å²) in [4.78, 5) is 14.2. The van der Waals surface area contributed by atoms with Crippen molar-refractivity contribution in [2.45, 2.75) is 5.92 Å². The van der Waals surface area contributed by atoms with Gasteiger partial charge in [-0.1, -0.05) is 24.3 Å². The molecule has 1 unspecified atom stereocenters. The Morgan fingerprint density at radius 3 is 2.50 bits per heavy atom. The normalized spacial score (nSPS) is 17.6. The molecule has 0 aromatic heterocycles. The zero-order chi connectivity index (χ0) is 17.3. The van der Waals surface area contributed by atoms with Crippen LogP contribution < -0.4 is 4.74 Å². The van der Waals surface area contributed by atoms with Crippen LogP contribution in [0, 0.1) is 0 Å². The minimum atomic E-state index is -0.404. The minimum absolute atomic E-state index is 0.00943. The SMILES string of the molecule is COc1cc(C2=CC(c3ccc(O)cc3)C(=O)N(C)C2)ccc1O. The highest BCUT2D eigenvalue weighted by Crippen LogP contribution is 2.34. The van der Waals surface area contributed by atoms with Crippen LogP contribution in [0.5, 0.6) is 17.2 Å². The van der Waals surface area contributed by atoms with E-state index in [9.17, 15) is 15.0 Å². The molecule has 5 nitrogen and oxygen atoms in total. The smallest absolute Gasteiger partial charge is 0.234 e.